The van der Waals surface area contributed by atoms with Crippen LogP contribution in [-0.4, -0.2) is 30.3 Å². The maximum Gasteiger partial charge on any atom is 0.146 e. The molecule has 1 aromatic carbocycles. The Hall–Kier alpha value is -1.13. The molecule has 3 nitrogen and oxygen atoms in total. The lowest BCUT2D eigenvalue weighted by Crippen LogP contribution is -2.36. The quantitative estimate of drug-likeness (QED) is 0.867. The van der Waals surface area contributed by atoms with E-state index in [1.807, 2.05) is 6.07 Å². The van der Waals surface area contributed by atoms with Gasteiger partial charge < -0.3 is 15.3 Å². The van der Waals surface area contributed by atoms with E-state index >= 15 is 0 Å². The van der Waals surface area contributed by atoms with Crippen molar-refractivity contribution in [2.45, 2.75) is 44.8 Å². The fraction of sp³-hybridized carbons (Fsp3) is 0.625. The van der Waals surface area contributed by atoms with Gasteiger partial charge in [-0.1, -0.05) is 19.1 Å². The standard InChI is InChI=1S/C16H23FN2O/c1-11-7-8-19(15(11)10-20)16-12(3-2-4-14(16)17)9-18-13-5-6-13/h2-4,11,13,15,18,20H,5-10H2,1H3. The van der Waals surface area contributed by atoms with Crippen LogP contribution in [0, 0.1) is 11.7 Å². The third kappa shape index (κ3) is 2.67. The fourth-order valence-electron chi connectivity index (χ4n) is 3.13. The fourth-order valence-corrected chi connectivity index (χ4v) is 3.13. The Morgan fingerprint density at radius 2 is 2.15 bits per heavy atom. The summed E-state index contributed by atoms with van der Waals surface area (Å²) in [6.45, 7) is 3.75. The van der Waals surface area contributed by atoms with E-state index in [9.17, 15) is 9.50 Å². The number of nitrogens with zero attached hydrogens (tertiary/aromatic N) is 1. The molecule has 0 aromatic heterocycles. The molecule has 1 saturated carbocycles. The van der Waals surface area contributed by atoms with Gasteiger partial charge in [-0.2, -0.15) is 0 Å². The summed E-state index contributed by atoms with van der Waals surface area (Å²) >= 11 is 0. The minimum absolute atomic E-state index is 0.0339. The second-order valence-corrected chi connectivity index (χ2v) is 6.11. The van der Waals surface area contributed by atoms with Gasteiger partial charge in [0.15, 0.2) is 0 Å². The summed E-state index contributed by atoms with van der Waals surface area (Å²) in [7, 11) is 0. The molecule has 0 radical (unpaired) electrons. The number of benzene rings is 1. The van der Waals surface area contributed by atoms with E-state index in [0.717, 1.165) is 18.5 Å². The predicted molar refractivity (Wildman–Crippen MR) is 78.3 cm³/mol. The van der Waals surface area contributed by atoms with Gasteiger partial charge in [0.25, 0.3) is 0 Å². The van der Waals surface area contributed by atoms with E-state index in [1.165, 1.54) is 18.9 Å². The van der Waals surface area contributed by atoms with Crippen LogP contribution < -0.4 is 10.2 Å². The maximum absolute atomic E-state index is 14.3. The molecule has 1 aliphatic carbocycles. The Morgan fingerprint density at radius 1 is 1.35 bits per heavy atom. The molecule has 0 amide bonds. The molecule has 110 valence electrons. The predicted octanol–water partition coefficient (Wildman–Crippen LogP) is 2.28. The average molecular weight is 278 g/mol. The van der Waals surface area contributed by atoms with Crippen LogP contribution in [0.25, 0.3) is 0 Å². The van der Waals surface area contributed by atoms with E-state index in [0.29, 0.717) is 24.2 Å². The summed E-state index contributed by atoms with van der Waals surface area (Å²) < 4.78 is 14.3. The number of para-hydroxylation sites is 1. The van der Waals surface area contributed by atoms with Gasteiger partial charge in [0.1, 0.15) is 5.82 Å². The Kier molecular flexibility index (Phi) is 3.94. The second kappa shape index (κ2) is 5.70. The van der Waals surface area contributed by atoms with Crippen LogP contribution in [0.4, 0.5) is 10.1 Å². The van der Waals surface area contributed by atoms with Crippen molar-refractivity contribution in [2.75, 3.05) is 18.1 Å². The number of hydrogen-bond acceptors (Lipinski definition) is 3. The molecule has 2 aliphatic rings. The van der Waals surface area contributed by atoms with Gasteiger partial charge in [-0.3, -0.25) is 0 Å². The zero-order valence-corrected chi connectivity index (χ0v) is 12.0. The molecule has 2 unspecified atom stereocenters. The van der Waals surface area contributed by atoms with Crippen molar-refractivity contribution in [2.24, 2.45) is 5.92 Å². The van der Waals surface area contributed by atoms with E-state index in [4.69, 9.17) is 0 Å². The zero-order chi connectivity index (χ0) is 14.1. The number of anilines is 1. The Morgan fingerprint density at radius 3 is 2.85 bits per heavy atom. The number of aliphatic hydroxyl groups is 1. The van der Waals surface area contributed by atoms with Crippen LogP contribution in [0.1, 0.15) is 31.7 Å². The van der Waals surface area contributed by atoms with E-state index in [-0.39, 0.29) is 18.5 Å². The van der Waals surface area contributed by atoms with Crippen molar-refractivity contribution in [1.82, 2.24) is 5.32 Å². The monoisotopic (exact) mass is 278 g/mol. The van der Waals surface area contributed by atoms with E-state index in [2.05, 4.69) is 17.1 Å². The average Bonchev–Trinajstić information content (AvgIpc) is 3.19. The Labute approximate surface area is 119 Å². The van der Waals surface area contributed by atoms with Gasteiger partial charge in [0.05, 0.1) is 18.3 Å². The third-order valence-electron chi connectivity index (χ3n) is 4.59. The molecule has 2 atom stereocenters. The Balaban J connectivity index is 1.86. The van der Waals surface area contributed by atoms with E-state index in [1.54, 1.807) is 6.07 Å². The van der Waals surface area contributed by atoms with Gasteiger partial charge in [0.2, 0.25) is 0 Å². The van der Waals surface area contributed by atoms with Crippen LogP contribution in [0.2, 0.25) is 0 Å². The first-order valence-electron chi connectivity index (χ1n) is 7.59. The highest BCUT2D eigenvalue weighted by Gasteiger charge is 2.33. The molecule has 2 N–H and O–H groups in total. The molecule has 2 fully saturated rings. The van der Waals surface area contributed by atoms with Crippen LogP contribution in [0.5, 0.6) is 0 Å². The first-order chi connectivity index (χ1) is 9.70. The minimum atomic E-state index is -0.173. The largest absolute Gasteiger partial charge is 0.394 e. The zero-order valence-electron chi connectivity index (χ0n) is 12.0. The van der Waals surface area contributed by atoms with Crippen molar-refractivity contribution >= 4 is 5.69 Å². The second-order valence-electron chi connectivity index (χ2n) is 6.11. The van der Waals surface area contributed by atoms with Crippen molar-refractivity contribution in [3.8, 4) is 0 Å². The smallest absolute Gasteiger partial charge is 0.146 e. The van der Waals surface area contributed by atoms with Gasteiger partial charge in [-0.25, -0.2) is 4.39 Å². The molecular formula is C16H23FN2O. The number of nitrogens with one attached hydrogen (secondary N) is 1. The molecular weight excluding hydrogens is 255 g/mol. The lowest BCUT2D eigenvalue weighted by atomic mass is 10.0. The molecule has 1 aliphatic heterocycles. The molecule has 1 aromatic rings. The molecule has 4 heteroatoms. The number of halogens is 1. The van der Waals surface area contributed by atoms with Crippen molar-refractivity contribution in [1.29, 1.82) is 0 Å². The number of hydrogen-bond donors (Lipinski definition) is 2. The summed E-state index contributed by atoms with van der Waals surface area (Å²) in [5, 5.41) is 13.1. The number of rotatable bonds is 5. The Bertz CT molecular complexity index is 476. The highest BCUT2D eigenvalue weighted by molar-refractivity contribution is 5.56. The minimum Gasteiger partial charge on any atom is -0.394 e. The van der Waals surface area contributed by atoms with Crippen LogP contribution in [0.3, 0.4) is 0 Å². The summed E-state index contributed by atoms with van der Waals surface area (Å²) in [4.78, 5) is 2.06. The summed E-state index contributed by atoms with van der Waals surface area (Å²) in [5.74, 6) is 0.233. The highest BCUT2D eigenvalue weighted by Crippen LogP contribution is 2.34. The normalized spacial score (nSPS) is 26.2. The van der Waals surface area contributed by atoms with Crippen LogP contribution in [-0.2, 0) is 6.54 Å². The van der Waals surface area contributed by atoms with Crippen molar-refractivity contribution < 1.29 is 9.50 Å². The van der Waals surface area contributed by atoms with Crippen LogP contribution in [0.15, 0.2) is 18.2 Å². The lowest BCUT2D eigenvalue weighted by Gasteiger charge is -2.29. The summed E-state index contributed by atoms with van der Waals surface area (Å²) in [5.41, 5.74) is 1.69. The lowest BCUT2D eigenvalue weighted by molar-refractivity contribution is 0.244. The van der Waals surface area contributed by atoms with E-state index < -0.39 is 0 Å². The molecule has 1 saturated heterocycles. The first kappa shape index (κ1) is 13.8. The van der Waals surface area contributed by atoms with Gasteiger partial charge in [-0.05, 0) is 36.8 Å². The molecule has 0 spiro atoms. The molecule has 0 bridgehead atoms. The van der Waals surface area contributed by atoms with Gasteiger partial charge in [0, 0.05) is 19.1 Å². The van der Waals surface area contributed by atoms with Gasteiger partial charge >= 0.3 is 0 Å². The molecule has 3 rings (SSSR count). The molecule has 1 heterocycles. The SMILES string of the molecule is CC1CCN(c2c(F)cccc2CNC2CC2)C1CO. The first-order valence-corrected chi connectivity index (χ1v) is 7.59. The third-order valence-corrected chi connectivity index (χ3v) is 4.59. The highest BCUT2D eigenvalue weighted by atomic mass is 19.1. The summed E-state index contributed by atoms with van der Waals surface area (Å²) in [6, 6.07) is 5.93. The van der Waals surface area contributed by atoms with Gasteiger partial charge in [-0.15, -0.1) is 0 Å². The van der Waals surface area contributed by atoms with Crippen molar-refractivity contribution in [3.63, 3.8) is 0 Å². The topological polar surface area (TPSA) is 35.5 Å². The molecule has 20 heavy (non-hydrogen) atoms. The maximum atomic E-state index is 14.3. The van der Waals surface area contributed by atoms with Crippen molar-refractivity contribution in [3.05, 3.63) is 29.6 Å². The van der Waals surface area contributed by atoms with Crippen LogP contribution >= 0.6 is 0 Å². The summed E-state index contributed by atoms with van der Waals surface area (Å²) in [6.07, 6.45) is 3.46. The number of aliphatic hydroxyl groups excluding tert-OH is 1.